The van der Waals surface area contributed by atoms with Crippen LogP contribution in [0.3, 0.4) is 0 Å². The van der Waals surface area contributed by atoms with Crippen molar-refractivity contribution >= 4 is 5.97 Å². The highest BCUT2D eigenvalue weighted by atomic mass is 16.5. The number of carbonyl (C=O) groups is 1. The second kappa shape index (κ2) is 6.63. The van der Waals surface area contributed by atoms with E-state index in [4.69, 9.17) is 4.74 Å². The molecule has 80 valence electrons. The largest absolute Gasteiger partial charge is 0.462 e. The highest BCUT2D eigenvalue weighted by molar-refractivity contribution is 5.69. The van der Waals surface area contributed by atoms with Crippen LogP contribution in [0, 0.1) is 0 Å². The van der Waals surface area contributed by atoms with Crippen molar-refractivity contribution in [2.75, 3.05) is 0 Å². The average Bonchev–Trinajstić information content (AvgIpc) is 2.13. The van der Waals surface area contributed by atoms with Gasteiger partial charge in [-0.3, -0.25) is 4.79 Å². The molecule has 1 heterocycles. The van der Waals surface area contributed by atoms with E-state index in [0.29, 0.717) is 6.42 Å². The second-order valence-corrected chi connectivity index (χ2v) is 3.96. The molecule has 0 radical (unpaired) electrons. The topological polar surface area (TPSA) is 26.3 Å². The summed E-state index contributed by atoms with van der Waals surface area (Å²) in [5, 5.41) is 0. The Morgan fingerprint density at radius 3 is 2.86 bits per heavy atom. The first-order chi connectivity index (χ1) is 6.79. The molecule has 0 amide bonds. The number of ether oxygens (including phenoxy) is 1. The van der Waals surface area contributed by atoms with E-state index >= 15 is 0 Å². The maximum Gasteiger partial charge on any atom is 0.306 e. The number of carbonyl (C=O) groups excluding carboxylic acids is 1. The number of allylic oxidation sites excluding steroid dienone is 1. The van der Waals surface area contributed by atoms with Gasteiger partial charge in [0.1, 0.15) is 6.10 Å². The molecule has 0 aromatic heterocycles. The quantitative estimate of drug-likeness (QED) is 0.439. The molecule has 0 aromatic carbocycles. The molecule has 2 heteroatoms. The number of hydrogen-bond acceptors (Lipinski definition) is 2. The van der Waals surface area contributed by atoms with Gasteiger partial charge in [-0.15, -0.1) is 0 Å². The molecule has 0 saturated carbocycles. The zero-order valence-electron chi connectivity index (χ0n) is 9.00. The van der Waals surface area contributed by atoms with Crippen molar-refractivity contribution in [2.24, 2.45) is 0 Å². The van der Waals surface area contributed by atoms with Gasteiger partial charge in [0.25, 0.3) is 0 Å². The Hall–Kier alpha value is -0.790. The lowest BCUT2D eigenvalue weighted by molar-refractivity contribution is -0.148. The van der Waals surface area contributed by atoms with Gasteiger partial charge in [0.15, 0.2) is 0 Å². The summed E-state index contributed by atoms with van der Waals surface area (Å²) in [5.74, 6) is -0.0357. The van der Waals surface area contributed by atoms with Crippen LogP contribution in [0.2, 0.25) is 0 Å². The maximum absolute atomic E-state index is 11.3. The molecule has 0 aliphatic carbocycles. The Labute approximate surface area is 86.3 Å². The van der Waals surface area contributed by atoms with Crippen LogP contribution >= 0.6 is 0 Å². The predicted molar refractivity (Wildman–Crippen MR) is 57.0 cm³/mol. The Morgan fingerprint density at radius 1 is 1.21 bits per heavy atom. The molecule has 0 bridgehead atoms. The van der Waals surface area contributed by atoms with E-state index in [1.54, 1.807) is 0 Å². The molecule has 1 atom stereocenters. The van der Waals surface area contributed by atoms with Gasteiger partial charge in [0.2, 0.25) is 0 Å². The second-order valence-electron chi connectivity index (χ2n) is 3.96. The van der Waals surface area contributed by atoms with Crippen LogP contribution in [0.5, 0.6) is 0 Å². The van der Waals surface area contributed by atoms with Gasteiger partial charge in [0, 0.05) is 12.8 Å². The number of esters is 1. The molecule has 0 unspecified atom stereocenters. The Kier molecular flexibility index (Phi) is 5.35. The fourth-order valence-corrected chi connectivity index (χ4v) is 1.62. The van der Waals surface area contributed by atoms with E-state index in [-0.39, 0.29) is 12.1 Å². The molecule has 0 aromatic rings. The molecule has 14 heavy (non-hydrogen) atoms. The minimum absolute atomic E-state index is 0.0357. The van der Waals surface area contributed by atoms with Crippen molar-refractivity contribution in [1.29, 1.82) is 0 Å². The SMILES string of the molecule is C[C@H]1C/C=C/CCCCCCC(=O)O1. The summed E-state index contributed by atoms with van der Waals surface area (Å²) in [6, 6.07) is 0. The summed E-state index contributed by atoms with van der Waals surface area (Å²) in [5.41, 5.74) is 0. The normalized spacial score (nSPS) is 28.4. The van der Waals surface area contributed by atoms with E-state index in [1.807, 2.05) is 6.92 Å². The number of cyclic esters (lactones) is 1. The van der Waals surface area contributed by atoms with Crippen LogP contribution in [0.4, 0.5) is 0 Å². The highest BCUT2D eigenvalue weighted by Crippen LogP contribution is 2.10. The predicted octanol–water partition coefficient (Wildman–Crippen LogP) is 3.22. The molecule has 0 spiro atoms. The number of rotatable bonds is 0. The van der Waals surface area contributed by atoms with Crippen LogP contribution in [0.25, 0.3) is 0 Å². The lowest BCUT2D eigenvalue weighted by Crippen LogP contribution is -2.14. The van der Waals surface area contributed by atoms with Gasteiger partial charge in [-0.05, 0) is 26.2 Å². The van der Waals surface area contributed by atoms with Gasteiger partial charge in [0.05, 0.1) is 0 Å². The van der Waals surface area contributed by atoms with Gasteiger partial charge < -0.3 is 4.74 Å². The summed E-state index contributed by atoms with van der Waals surface area (Å²) < 4.78 is 5.23. The molecule has 0 fully saturated rings. The summed E-state index contributed by atoms with van der Waals surface area (Å²) in [7, 11) is 0. The molecular formula is C12H20O2. The molecule has 1 aliphatic rings. The maximum atomic E-state index is 11.3. The van der Waals surface area contributed by atoms with E-state index in [0.717, 1.165) is 19.3 Å². The Bertz CT molecular complexity index is 196. The Morgan fingerprint density at radius 2 is 2.00 bits per heavy atom. The third kappa shape index (κ3) is 5.05. The minimum Gasteiger partial charge on any atom is -0.462 e. The van der Waals surface area contributed by atoms with Crippen molar-refractivity contribution in [3.05, 3.63) is 12.2 Å². The first kappa shape index (κ1) is 11.3. The molecular weight excluding hydrogens is 176 g/mol. The monoisotopic (exact) mass is 196 g/mol. The molecule has 0 N–H and O–H groups in total. The Balaban J connectivity index is 2.36. The van der Waals surface area contributed by atoms with Gasteiger partial charge in [-0.25, -0.2) is 0 Å². The average molecular weight is 196 g/mol. The molecule has 1 rings (SSSR count). The van der Waals surface area contributed by atoms with Crippen molar-refractivity contribution in [1.82, 2.24) is 0 Å². The number of hydrogen-bond donors (Lipinski definition) is 0. The fourth-order valence-electron chi connectivity index (χ4n) is 1.62. The van der Waals surface area contributed by atoms with Crippen LogP contribution in [0.15, 0.2) is 12.2 Å². The first-order valence-electron chi connectivity index (χ1n) is 5.63. The van der Waals surface area contributed by atoms with Crippen LogP contribution < -0.4 is 0 Å². The van der Waals surface area contributed by atoms with Crippen molar-refractivity contribution in [2.45, 2.75) is 58.0 Å². The third-order valence-electron chi connectivity index (χ3n) is 2.47. The fraction of sp³-hybridized carbons (Fsp3) is 0.750. The molecule has 0 saturated heterocycles. The van der Waals surface area contributed by atoms with Crippen LogP contribution in [0.1, 0.15) is 51.9 Å². The lowest BCUT2D eigenvalue weighted by atomic mass is 10.1. The molecule has 2 nitrogen and oxygen atoms in total. The third-order valence-corrected chi connectivity index (χ3v) is 2.47. The minimum atomic E-state index is -0.0357. The summed E-state index contributed by atoms with van der Waals surface area (Å²) in [6.45, 7) is 1.95. The van der Waals surface area contributed by atoms with E-state index < -0.39 is 0 Å². The van der Waals surface area contributed by atoms with Crippen molar-refractivity contribution in [3.8, 4) is 0 Å². The summed E-state index contributed by atoms with van der Waals surface area (Å²) in [6.07, 6.45) is 11.6. The van der Waals surface area contributed by atoms with Crippen molar-refractivity contribution in [3.63, 3.8) is 0 Å². The van der Waals surface area contributed by atoms with Gasteiger partial charge in [-0.2, -0.15) is 0 Å². The highest BCUT2D eigenvalue weighted by Gasteiger charge is 2.08. The van der Waals surface area contributed by atoms with E-state index in [2.05, 4.69) is 12.2 Å². The van der Waals surface area contributed by atoms with Crippen LogP contribution in [-0.4, -0.2) is 12.1 Å². The van der Waals surface area contributed by atoms with E-state index in [1.165, 1.54) is 19.3 Å². The zero-order valence-corrected chi connectivity index (χ0v) is 9.00. The van der Waals surface area contributed by atoms with Crippen molar-refractivity contribution < 1.29 is 9.53 Å². The lowest BCUT2D eigenvalue weighted by Gasteiger charge is -2.11. The van der Waals surface area contributed by atoms with E-state index in [9.17, 15) is 4.79 Å². The van der Waals surface area contributed by atoms with Crippen LogP contribution in [-0.2, 0) is 9.53 Å². The van der Waals surface area contributed by atoms with Gasteiger partial charge in [-0.1, -0.05) is 25.0 Å². The smallest absolute Gasteiger partial charge is 0.306 e. The van der Waals surface area contributed by atoms with Gasteiger partial charge >= 0.3 is 5.97 Å². The first-order valence-corrected chi connectivity index (χ1v) is 5.63. The summed E-state index contributed by atoms with van der Waals surface area (Å²) >= 11 is 0. The zero-order chi connectivity index (χ0) is 10.2. The summed E-state index contributed by atoms with van der Waals surface area (Å²) in [4.78, 5) is 11.3. The standard InChI is InChI=1S/C12H20O2/c1-11-9-7-5-3-2-4-6-8-10-12(13)14-11/h5,7,11H,2-4,6,8-10H2,1H3/b7-5+/t11-/m0/s1. The molecule has 1 aliphatic heterocycles.